The van der Waals surface area contributed by atoms with Crippen molar-refractivity contribution in [2.24, 2.45) is 0 Å². The Bertz CT molecular complexity index is 837. The predicted octanol–water partition coefficient (Wildman–Crippen LogP) is 6.25. The van der Waals surface area contributed by atoms with Gasteiger partial charge in [-0.15, -0.1) is 0 Å². The fourth-order valence-electron chi connectivity index (χ4n) is 4.86. The maximum Gasteiger partial charge on any atom is 0.137 e. The highest BCUT2D eigenvalue weighted by molar-refractivity contribution is 6.42. The summed E-state index contributed by atoms with van der Waals surface area (Å²) >= 11 is 12.4. The number of benzene rings is 2. The summed E-state index contributed by atoms with van der Waals surface area (Å²) in [7, 11) is 0. The van der Waals surface area contributed by atoms with Gasteiger partial charge >= 0.3 is 0 Å². The smallest absolute Gasteiger partial charge is 0.137 e. The summed E-state index contributed by atoms with van der Waals surface area (Å²) in [6.07, 6.45) is 4.37. The van der Waals surface area contributed by atoms with Crippen molar-refractivity contribution in [3.05, 3.63) is 62.6 Å². The lowest BCUT2D eigenvalue weighted by Gasteiger charge is -2.39. The first-order valence-electron chi connectivity index (χ1n) is 11.0. The summed E-state index contributed by atoms with van der Waals surface area (Å²) in [6.45, 7) is 10.2. The van der Waals surface area contributed by atoms with E-state index in [4.69, 9.17) is 27.9 Å². The maximum absolute atomic E-state index is 10.9. The summed E-state index contributed by atoms with van der Waals surface area (Å²) in [5.41, 5.74) is 4.64. The molecule has 0 radical (unpaired) electrons. The molecule has 0 spiro atoms. The van der Waals surface area contributed by atoms with Crippen LogP contribution in [-0.2, 0) is 6.54 Å². The topological polar surface area (TPSA) is 29.5 Å². The zero-order valence-corrected chi connectivity index (χ0v) is 19.9. The molecule has 1 N–H and O–H groups in total. The van der Waals surface area contributed by atoms with Crippen LogP contribution in [0.3, 0.4) is 0 Å². The highest BCUT2D eigenvalue weighted by Gasteiger charge is 2.32. The van der Waals surface area contributed by atoms with Crippen LogP contribution < -0.4 is 4.74 Å². The number of hydrogen-bond acceptors (Lipinski definition) is 2. The number of aliphatic hydroxyl groups excluding tert-OH is 1. The molecule has 1 aliphatic rings. The molecule has 3 rings (SSSR count). The minimum absolute atomic E-state index is 0.312. The fourth-order valence-corrected chi connectivity index (χ4v) is 5.18. The highest BCUT2D eigenvalue weighted by Crippen LogP contribution is 2.28. The number of quaternary nitrogens is 1. The Balaban J connectivity index is 1.71. The van der Waals surface area contributed by atoms with Crippen molar-refractivity contribution in [2.45, 2.75) is 59.1 Å². The van der Waals surface area contributed by atoms with Gasteiger partial charge in [-0.25, -0.2) is 0 Å². The van der Waals surface area contributed by atoms with Crippen LogP contribution in [0.15, 0.2) is 30.3 Å². The van der Waals surface area contributed by atoms with Gasteiger partial charge in [0, 0.05) is 5.56 Å². The lowest BCUT2D eigenvalue weighted by atomic mass is 10.1. The molecule has 3 nitrogen and oxygen atoms in total. The van der Waals surface area contributed by atoms with E-state index < -0.39 is 6.10 Å². The van der Waals surface area contributed by atoms with Crippen molar-refractivity contribution in [3.63, 3.8) is 0 Å². The number of nitrogens with zero attached hydrogens (tertiary/aromatic N) is 1. The summed E-state index contributed by atoms with van der Waals surface area (Å²) in [6, 6.07) is 10.2. The number of rotatable bonds is 7. The average Bonchev–Trinajstić information content (AvgIpc) is 2.89. The zero-order valence-electron chi connectivity index (χ0n) is 18.4. The average molecular weight is 451 g/mol. The number of likely N-dealkylation sites (tertiary alicyclic amines) is 1. The number of hydrogen-bond donors (Lipinski definition) is 1. The van der Waals surface area contributed by atoms with Gasteiger partial charge in [-0.2, -0.15) is 0 Å². The van der Waals surface area contributed by atoms with Gasteiger partial charge in [-0.05, 0) is 69.7 Å². The lowest BCUT2D eigenvalue weighted by Crippen LogP contribution is -2.53. The quantitative estimate of drug-likeness (QED) is 0.505. The number of aryl methyl sites for hydroxylation is 3. The zero-order chi connectivity index (χ0) is 21.7. The molecular formula is C25H34Cl2NO2+. The Morgan fingerprint density at radius 2 is 1.57 bits per heavy atom. The predicted molar refractivity (Wildman–Crippen MR) is 126 cm³/mol. The Labute approximate surface area is 191 Å². The SMILES string of the molecule is Cc1cc(C)c(OCC(O)C[N+]2(Cc3ccc(Cl)c(Cl)c3)CCCCCC2)c(C)c1. The molecule has 1 fully saturated rings. The van der Waals surface area contributed by atoms with Crippen molar-refractivity contribution < 1.29 is 14.3 Å². The molecule has 1 atom stereocenters. The van der Waals surface area contributed by atoms with Gasteiger partial charge in [0.2, 0.25) is 0 Å². The molecule has 30 heavy (non-hydrogen) atoms. The molecule has 0 amide bonds. The molecule has 1 heterocycles. The summed E-state index contributed by atoms with van der Waals surface area (Å²) in [5, 5.41) is 12.1. The Kier molecular flexibility index (Phi) is 8.09. The van der Waals surface area contributed by atoms with Crippen molar-refractivity contribution in [1.29, 1.82) is 0 Å². The van der Waals surface area contributed by atoms with E-state index in [1.54, 1.807) is 0 Å². The third-order valence-corrected chi connectivity index (χ3v) is 6.88. The van der Waals surface area contributed by atoms with E-state index in [0.717, 1.165) is 41.0 Å². The lowest BCUT2D eigenvalue weighted by molar-refractivity contribution is -0.942. The number of halogens is 2. The minimum atomic E-state index is -0.522. The van der Waals surface area contributed by atoms with Crippen LogP contribution in [0.1, 0.15) is 47.9 Å². The fraction of sp³-hybridized carbons (Fsp3) is 0.520. The van der Waals surface area contributed by atoms with Crippen LogP contribution in [0.4, 0.5) is 0 Å². The molecule has 2 aromatic rings. The van der Waals surface area contributed by atoms with Crippen molar-refractivity contribution in [3.8, 4) is 5.75 Å². The second-order valence-corrected chi connectivity index (χ2v) is 9.80. The molecule has 1 saturated heterocycles. The highest BCUT2D eigenvalue weighted by atomic mass is 35.5. The van der Waals surface area contributed by atoms with Crippen LogP contribution in [0.5, 0.6) is 5.75 Å². The van der Waals surface area contributed by atoms with Gasteiger partial charge in [0.15, 0.2) is 0 Å². The van der Waals surface area contributed by atoms with E-state index in [1.807, 2.05) is 12.1 Å². The normalized spacial score (nSPS) is 17.4. The van der Waals surface area contributed by atoms with Crippen LogP contribution in [0.2, 0.25) is 10.0 Å². The third kappa shape index (κ3) is 6.13. The molecule has 1 unspecified atom stereocenters. The first kappa shape index (κ1) is 23.4. The van der Waals surface area contributed by atoms with Gasteiger partial charge in [0.25, 0.3) is 0 Å². The Morgan fingerprint density at radius 1 is 0.933 bits per heavy atom. The van der Waals surface area contributed by atoms with E-state index in [9.17, 15) is 5.11 Å². The van der Waals surface area contributed by atoms with Crippen LogP contribution >= 0.6 is 23.2 Å². The van der Waals surface area contributed by atoms with Gasteiger partial charge in [-0.1, -0.05) is 47.0 Å². The molecule has 5 heteroatoms. The number of aliphatic hydroxyl groups is 1. The van der Waals surface area contributed by atoms with Crippen LogP contribution in [-0.4, -0.2) is 41.9 Å². The third-order valence-electron chi connectivity index (χ3n) is 6.14. The maximum atomic E-state index is 10.9. The first-order chi connectivity index (χ1) is 14.3. The van der Waals surface area contributed by atoms with Crippen LogP contribution in [0, 0.1) is 20.8 Å². The molecule has 0 aromatic heterocycles. The Hall–Kier alpha value is -1.26. The second kappa shape index (κ2) is 10.4. The van der Waals surface area contributed by atoms with E-state index in [2.05, 4.69) is 39.0 Å². The van der Waals surface area contributed by atoms with E-state index in [1.165, 1.54) is 36.8 Å². The summed E-state index contributed by atoms with van der Waals surface area (Å²) < 4.78 is 6.96. The van der Waals surface area contributed by atoms with E-state index >= 15 is 0 Å². The van der Waals surface area contributed by atoms with Gasteiger partial charge < -0.3 is 14.3 Å². The molecule has 0 bridgehead atoms. The number of ether oxygens (including phenoxy) is 1. The molecule has 1 aliphatic heterocycles. The molecule has 0 saturated carbocycles. The van der Waals surface area contributed by atoms with E-state index in [-0.39, 0.29) is 0 Å². The molecule has 2 aromatic carbocycles. The van der Waals surface area contributed by atoms with Gasteiger partial charge in [0.05, 0.1) is 23.1 Å². The second-order valence-electron chi connectivity index (χ2n) is 8.98. The summed E-state index contributed by atoms with van der Waals surface area (Å²) in [4.78, 5) is 0. The Morgan fingerprint density at radius 3 is 2.17 bits per heavy atom. The van der Waals surface area contributed by atoms with Gasteiger partial charge in [-0.3, -0.25) is 0 Å². The van der Waals surface area contributed by atoms with Crippen molar-refractivity contribution in [2.75, 3.05) is 26.2 Å². The van der Waals surface area contributed by atoms with Crippen molar-refractivity contribution >= 4 is 23.2 Å². The monoisotopic (exact) mass is 450 g/mol. The molecule has 164 valence electrons. The van der Waals surface area contributed by atoms with Crippen LogP contribution in [0.25, 0.3) is 0 Å². The molecular weight excluding hydrogens is 417 g/mol. The standard InChI is InChI=1S/C25H34Cl2NO2/c1-18-12-19(2)25(20(3)13-18)30-17-22(29)16-28(10-6-4-5-7-11-28)15-21-8-9-23(26)24(27)14-21/h8-9,12-14,22,29H,4-7,10-11,15-17H2,1-3H3/q+1. The van der Waals surface area contributed by atoms with Gasteiger partial charge in [0.1, 0.15) is 31.5 Å². The van der Waals surface area contributed by atoms with E-state index in [0.29, 0.717) is 23.2 Å². The first-order valence-corrected chi connectivity index (χ1v) is 11.7. The summed E-state index contributed by atoms with van der Waals surface area (Å²) in [5.74, 6) is 0.895. The minimum Gasteiger partial charge on any atom is -0.490 e. The largest absolute Gasteiger partial charge is 0.490 e. The molecule has 0 aliphatic carbocycles. The van der Waals surface area contributed by atoms with Crippen molar-refractivity contribution in [1.82, 2.24) is 0 Å².